The molecule has 4 aromatic rings. The fourth-order valence-corrected chi connectivity index (χ4v) is 2.96. The first-order valence-corrected chi connectivity index (χ1v) is 8.25. The second-order valence-corrected chi connectivity index (χ2v) is 6.32. The Morgan fingerprint density at radius 1 is 1.11 bits per heavy atom. The number of hydrogen-bond acceptors (Lipinski definition) is 6. The fraction of sp³-hybridized carbons (Fsp3) is 0.167. The number of benzene rings is 1. The van der Waals surface area contributed by atoms with Crippen LogP contribution in [0.4, 0.5) is 24.8 Å². The molecule has 0 fully saturated rings. The second kappa shape index (κ2) is 6.25. The first-order valence-electron chi connectivity index (χ1n) is 8.25. The van der Waals surface area contributed by atoms with Crippen molar-refractivity contribution in [2.24, 2.45) is 0 Å². The summed E-state index contributed by atoms with van der Waals surface area (Å²) >= 11 is 0. The van der Waals surface area contributed by atoms with Crippen molar-refractivity contribution in [1.29, 1.82) is 0 Å². The number of anilines is 2. The van der Waals surface area contributed by atoms with E-state index in [-0.39, 0.29) is 18.1 Å². The average molecular weight is 388 g/mol. The zero-order chi connectivity index (χ0) is 20.1. The van der Waals surface area contributed by atoms with Gasteiger partial charge in [0.05, 0.1) is 11.8 Å². The van der Waals surface area contributed by atoms with Gasteiger partial charge in [-0.1, -0.05) is 6.07 Å². The van der Waals surface area contributed by atoms with Crippen molar-refractivity contribution in [3.05, 3.63) is 59.0 Å². The number of hydrogen-bond donors (Lipinski definition) is 2. The van der Waals surface area contributed by atoms with Crippen molar-refractivity contribution >= 4 is 17.3 Å². The molecule has 0 aliphatic carbocycles. The maximum absolute atomic E-state index is 13.1. The van der Waals surface area contributed by atoms with E-state index in [1.54, 1.807) is 19.1 Å². The monoisotopic (exact) mass is 388 g/mol. The molecule has 0 unspecified atom stereocenters. The Labute approximate surface area is 156 Å². The van der Waals surface area contributed by atoms with E-state index in [9.17, 15) is 13.2 Å². The van der Waals surface area contributed by atoms with Gasteiger partial charge in [-0.2, -0.15) is 32.8 Å². The molecule has 4 rings (SSSR count). The lowest BCUT2D eigenvalue weighted by Crippen LogP contribution is -2.09. The Kier molecular flexibility index (Phi) is 3.98. The summed E-state index contributed by atoms with van der Waals surface area (Å²) in [5.74, 6) is 1.51. The molecule has 4 N–H and O–H groups in total. The predicted molar refractivity (Wildman–Crippen MR) is 96.3 cm³/mol. The smallest absolute Gasteiger partial charge is 0.418 e. The number of fused-ring (bicyclic) bond motifs is 1. The Morgan fingerprint density at radius 2 is 1.89 bits per heavy atom. The Morgan fingerprint density at radius 3 is 2.57 bits per heavy atom. The van der Waals surface area contributed by atoms with E-state index in [2.05, 4.69) is 15.1 Å². The lowest BCUT2D eigenvalue weighted by molar-refractivity contribution is -0.136. The van der Waals surface area contributed by atoms with E-state index in [1.165, 1.54) is 22.8 Å². The average Bonchev–Trinajstić information content (AvgIpc) is 3.22. The summed E-state index contributed by atoms with van der Waals surface area (Å²) in [6.45, 7) is 1.79. The molecule has 0 spiro atoms. The van der Waals surface area contributed by atoms with Gasteiger partial charge in [-0.25, -0.2) is 0 Å². The van der Waals surface area contributed by atoms with Crippen LogP contribution in [0.15, 0.2) is 40.9 Å². The summed E-state index contributed by atoms with van der Waals surface area (Å²) in [4.78, 5) is 8.36. The highest BCUT2D eigenvalue weighted by molar-refractivity contribution is 5.60. The molecule has 28 heavy (non-hydrogen) atoms. The van der Waals surface area contributed by atoms with Gasteiger partial charge in [0.15, 0.2) is 11.4 Å². The summed E-state index contributed by atoms with van der Waals surface area (Å²) < 4.78 is 46.4. The SMILES string of the molecule is Cc1ccc(-c2nc(N)nc3c(Cc4ccc(N)c(C(F)(F)F)c4)cnn23)o1. The van der Waals surface area contributed by atoms with E-state index in [0.29, 0.717) is 34.1 Å². The molecule has 3 heterocycles. The lowest BCUT2D eigenvalue weighted by Gasteiger charge is -2.11. The zero-order valence-corrected chi connectivity index (χ0v) is 14.7. The topological polar surface area (TPSA) is 108 Å². The van der Waals surface area contributed by atoms with Crippen LogP contribution in [0, 0.1) is 6.92 Å². The van der Waals surface area contributed by atoms with Crippen LogP contribution in [-0.4, -0.2) is 19.6 Å². The van der Waals surface area contributed by atoms with Crippen molar-refractivity contribution in [3.63, 3.8) is 0 Å². The van der Waals surface area contributed by atoms with Gasteiger partial charge in [0.2, 0.25) is 11.8 Å². The lowest BCUT2D eigenvalue weighted by atomic mass is 10.0. The molecule has 3 aromatic heterocycles. The first-order chi connectivity index (χ1) is 13.2. The standard InChI is InChI=1S/C18H15F3N6O/c1-9-2-5-14(28-9)16-26-17(23)25-15-11(8-24-27(15)16)6-10-3-4-13(22)12(7-10)18(19,20)21/h2-5,7-8H,6,22H2,1H3,(H2,23,25). The molecule has 0 radical (unpaired) electrons. The van der Waals surface area contributed by atoms with E-state index in [0.717, 1.165) is 6.07 Å². The molecular weight excluding hydrogens is 373 g/mol. The molecule has 1 aromatic carbocycles. The molecule has 0 saturated carbocycles. The molecule has 0 bridgehead atoms. The van der Waals surface area contributed by atoms with Gasteiger partial charge in [-0.05, 0) is 36.8 Å². The first kappa shape index (κ1) is 17.8. The van der Waals surface area contributed by atoms with Crippen LogP contribution in [0.3, 0.4) is 0 Å². The van der Waals surface area contributed by atoms with Gasteiger partial charge in [0.25, 0.3) is 0 Å². The molecule has 0 aliphatic rings. The molecule has 144 valence electrons. The fourth-order valence-electron chi connectivity index (χ4n) is 2.96. The number of furan rings is 1. The number of halogens is 3. The minimum Gasteiger partial charge on any atom is -0.458 e. The van der Waals surface area contributed by atoms with Crippen LogP contribution < -0.4 is 11.5 Å². The highest BCUT2D eigenvalue weighted by Crippen LogP contribution is 2.34. The van der Waals surface area contributed by atoms with Crippen LogP contribution in [0.2, 0.25) is 0 Å². The predicted octanol–water partition coefficient (Wildman–Crippen LogP) is 3.47. The van der Waals surface area contributed by atoms with Crippen LogP contribution in [0.1, 0.15) is 22.5 Å². The molecule has 0 atom stereocenters. The number of alkyl halides is 3. The van der Waals surface area contributed by atoms with Crippen LogP contribution in [0.5, 0.6) is 0 Å². The van der Waals surface area contributed by atoms with Crippen molar-refractivity contribution in [2.45, 2.75) is 19.5 Å². The van der Waals surface area contributed by atoms with Gasteiger partial charge in [0.1, 0.15) is 5.76 Å². The summed E-state index contributed by atoms with van der Waals surface area (Å²) in [5, 5.41) is 4.26. The number of nitrogens with zero attached hydrogens (tertiary/aromatic N) is 4. The summed E-state index contributed by atoms with van der Waals surface area (Å²) in [6, 6.07) is 7.31. The molecule has 10 heteroatoms. The maximum atomic E-state index is 13.1. The molecule has 0 amide bonds. The largest absolute Gasteiger partial charge is 0.458 e. The number of nitrogens with two attached hydrogens (primary N) is 2. The van der Waals surface area contributed by atoms with Crippen molar-refractivity contribution < 1.29 is 17.6 Å². The van der Waals surface area contributed by atoms with Crippen LogP contribution >= 0.6 is 0 Å². The van der Waals surface area contributed by atoms with E-state index in [4.69, 9.17) is 15.9 Å². The number of nitrogen functional groups attached to an aromatic ring is 2. The highest BCUT2D eigenvalue weighted by Gasteiger charge is 2.33. The number of aryl methyl sites for hydroxylation is 1. The zero-order valence-electron chi connectivity index (χ0n) is 14.7. The third kappa shape index (κ3) is 3.13. The second-order valence-electron chi connectivity index (χ2n) is 6.32. The van der Waals surface area contributed by atoms with Crippen LogP contribution in [0.25, 0.3) is 17.2 Å². The molecule has 0 saturated heterocycles. The highest BCUT2D eigenvalue weighted by atomic mass is 19.4. The maximum Gasteiger partial charge on any atom is 0.418 e. The van der Waals surface area contributed by atoms with Crippen molar-refractivity contribution in [2.75, 3.05) is 11.5 Å². The quantitative estimate of drug-likeness (QED) is 0.520. The van der Waals surface area contributed by atoms with E-state index in [1.807, 2.05) is 0 Å². The van der Waals surface area contributed by atoms with Crippen LogP contribution in [-0.2, 0) is 12.6 Å². The number of aromatic nitrogens is 4. The normalized spacial score (nSPS) is 12.0. The minimum absolute atomic E-state index is 0.00610. The van der Waals surface area contributed by atoms with Gasteiger partial charge in [-0.15, -0.1) is 0 Å². The molecular formula is C18H15F3N6O. The van der Waals surface area contributed by atoms with Gasteiger partial charge < -0.3 is 15.9 Å². The Hall–Kier alpha value is -3.56. The molecule has 0 aliphatic heterocycles. The minimum atomic E-state index is -4.53. The summed E-state index contributed by atoms with van der Waals surface area (Å²) in [5.41, 5.74) is 11.5. The summed E-state index contributed by atoms with van der Waals surface area (Å²) in [7, 11) is 0. The summed E-state index contributed by atoms with van der Waals surface area (Å²) in [6.07, 6.45) is -2.84. The Bertz CT molecular complexity index is 1180. The third-order valence-corrected chi connectivity index (χ3v) is 4.24. The van der Waals surface area contributed by atoms with E-state index < -0.39 is 11.7 Å². The van der Waals surface area contributed by atoms with E-state index >= 15 is 0 Å². The molecule has 7 nitrogen and oxygen atoms in total. The van der Waals surface area contributed by atoms with Crippen molar-refractivity contribution in [3.8, 4) is 11.6 Å². The number of rotatable bonds is 3. The van der Waals surface area contributed by atoms with Crippen molar-refractivity contribution in [1.82, 2.24) is 19.6 Å². The third-order valence-electron chi connectivity index (χ3n) is 4.24. The Balaban J connectivity index is 1.78. The van der Waals surface area contributed by atoms with Gasteiger partial charge in [0, 0.05) is 17.7 Å². The van der Waals surface area contributed by atoms with Gasteiger partial charge in [-0.3, -0.25) is 0 Å². The van der Waals surface area contributed by atoms with Gasteiger partial charge >= 0.3 is 6.18 Å².